The number of rotatable bonds is 3. The average Bonchev–Trinajstić information content (AvgIpc) is 2.28. The van der Waals surface area contributed by atoms with E-state index in [1.807, 2.05) is 13.0 Å². The Bertz CT molecular complexity index is 449. The summed E-state index contributed by atoms with van der Waals surface area (Å²) in [6.45, 7) is 1.83. The van der Waals surface area contributed by atoms with Crippen LogP contribution in [-0.2, 0) is 21.8 Å². The van der Waals surface area contributed by atoms with E-state index in [1.165, 1.54) is 7.11 Å². The summed E-state index contributed by atoms with van der Waals surface area (Å²) in [4.78, 5) is 11.1. The summed E-state index contributed by atoms with van der Waals surface area (Å²) >= 11 is 5.76. The molecule has 1 aromatic rings. The van der Waals surface area contributed by atoms with E-state index < -0.39 is 0 Å². The second-order valence-electron chi connectivity index (χ2n) is 3.45. The van der Waals surface area contributed by atoms with Crippen molar-refractivity contribution in [2.24, 2.45) is 0 Å². The lowest BCUT2D eigenvalue weighted by atomic mass is 9.99. The molecule has 0 saturated carbocycles. The van der Waals surface area contributed by atoms with Gasteiger partial charge in [0.05, 0.1) is 25.2 Å². The molecule has 0 N–H and O–H groups in total. The number of hydrogen-bond acceptors (Lipinski definition) is 3. The molecule has 0 atom stereocenters. The molecule has 0 aromatic heterocycles. The van der Waals surface area contributed by atoms with Crippen LogP contribution in [0.5, 0.6) is 0 Å². The number of carbonyl (C=O) groups is 1. The second-order valence-corrected chi connectivity index (χ2v) is 3.71. The number of benzene rings is 1. The largest absolute Gasteiger partial charge is 0.469 e. The van der Waals surface area contributed by atoms with E-state index in [4.69, 9.17) is 16.9 Å². The van der Waals surface area contributed by atoms with Crippen LogP contribution in [0.1, 0.15) is 22.3 Å². The van der Waals surface area contributed by atoms with E-state index in [-0.39, 0.29) is 18.3 Å². The summed E-state index contributed by atoms with van der Waals surface area (Å²) < 4.78 is 4.59. The van der Waals surface area contributed by atoms with Gasteiger partial charge in [0, 0.05) is 5.88 Å². The van der Waals surface area contributed by atoms with Crippen molar-refractivity contribution >= 4 is 17.6 Å². The van der Waals surface area contributed by atoms with Gasteiger partial charge >= 0.3 is 5.97 Å². The Labute approximate surface area is 99.6 Å². The Balaban J connectivity index is 3.11. The number of nitrogens with zero attached hydrogens (tertiary/aromatic N) is 1. The first-order chi connectivity index (χ1) is 7.62. The first kappa shape index (κ1) is 12.5. The van der Waals surface area contributed by atoms with Crippen molar-refractivity contribution in [2.75, 3.05) is 7.11 Å². The third-order valence-corrected chi connectivity index (χ3v) is 2.60. The van der Waals surface area contributed by atoms with Crippen LogP contribution in [0.15, 0.2) is 12.1 Å². The molecule has 0 radical (unpaired) electrons. The molecular formula is C12H12ClNO2. The molecule has 3 nitrogen and oxygen atoms in total. The van der Waals surface area contributed by atoms with E-state index in [2.05, 4.69) is 10.8 Å². The number of nitriles is 1. The monoisotopic (exact) mass is 237 g/mol. The predicted octanol–water partition coefficient (Wildman–Crippen LogP) is 2.32. The van der Waals surface area contributed by atoms with Gasteiger partial charge < -0.3 is 4.74 Å². The maximum absolute atomic E-state index is 11.1. The summed E-state index contributed by atoms with van der Waals surface area (Å²) in [5.74, 6) is -0.0386. The summed E-state index contributed by atoms with van der Waals surface area (Å²) in [5.41, 5.74) is 2.99. The highest BCUT2D eigenvalue weighted by atomic mass is 35.5. The molecule has 0 bridgehead atoms. The number of alkyl halides is 1. The maximum atomic E-state index is 11.1. The normalized spacial score (nSPS) is 9.62. The summed E-state index contributed by atoms with van der Waals surface area (Å²) in [6, 6.07) is 5.69. The Morgan fingerprint density at radius 1 is 1.56 bits per heavy atom. The number of esters is 1. The van der Waals surface area contributed by atoms with Crippen molar-refractivity contribution in [3.8, 4) is 6.07 Å². The fourth-order valence-corrected chi connectivity index (χ4v) is 1.76. The van der Waals surface area contributed by atoms with Crippen molar-refractivity contribution in [3.05, 3.63) is 34.4 Å². The van der Waals surface area contributed by atoms with Crippen molar-refractivity contribution in [3.63, 3.8) is 0 Å². The number of halogens is 1. The molecule has 4 heteroatoms. The van der Waals surface area contributed by atoms with Gasteiger partial charge in [-0.3, -0.25) is 4.79 Å². The number of aryl methyl sites for hydroxylation is 1. The van der Waals surface area contributed by atoms with Crippen molar-refractivity contribution in [2.45, 2.75) is 19.2 Å². The van der Waals surface area contributed by atoms with Crippen LogP contribution in [0.2, 0.25) is 0 Å². The van der Waals surface area contributed by atoms with Gasteiger partial charge in [0.25, 0.3) is 0 Å². The van der Waals surface area contributed by atoms with Crippen LogP contribution in [0, 0.1) is 18.3 Å². The minimum absolute atomic E-state index is 0.201. The van der Waals surface area contributed by atoms with Gasteiger partial charge in [-0.25, -0.2) is 0 Å². The Kier molecular flexibility index (Phi) is 4.33. The van der Waals surface area contributed by atoms with E-state index >= 15 is 0 Å². The molecule has 16 heavy (non-hydrogen) atoms. The number of carbonyl (C=O) groups excluding carboxylic acids is 1. The molecule has 84 valence electrons. The maximum Gasteiger partial charge on any atom is 0.309 e. The zero-order valence-electron chi connectivity index (χ0n) is 9.21. The Morgan fingerprint density at radius 2 is 2.25 bits per heavy atom. The van der Waals surface area contributed by atoms with Gasteiger partial charge in [-0.05, 0) is 23.6 Å². The fraction of sp³-hybridized carbons (Fsp3) is 0.333. The Morgan fingerprint density at radius 3 is 2.75 bits per heavy atom. The average molecular weight is 238 g/mol. The molecular weight excluding hydrogens is 226 g/mol. The van der Waals surface area contributed by atoms with Crippen LogP contribution in [-0.4, -0.2) is 13.1 Å². The standard InChI is InChI=1S/C12H12ClNO2/c1-8-3-9(5-12(15)16-2)4-10(6-13)11(8)7-14/h3-4H,5-6H2,1-2H3. The van der Waals surface area contributed by atoms with Crippen LogP contribution >= 0.6 is 11.6 Å². The molecule has 0 heterocycles. The summed E-state index contributed by atoms with van der Waals surface area (Å²) in [5, 5.41) is 8.95. The molecule has 0 fully saturated rings. The minimum Gasteiger partial charge on any atom is -0.469 e. The van der Waals surface area contributed by atoms with Gasteiger partial charge in [-0.1, -0.05) is 12.1 Å². The van der Waals surface area contributed by atoms with Gasteiger partial charge in [-0.15, -0.1) is 11.6 Å². The SMILES string of the molecule is COC(=O)Cc1cc(C)c(C#N)c(CCl)c1. The van der Waals surface area contributed by atoms with Crippen LogP contribution in [0.3, 0.4) is 0 Å². The van der Waals surface area contributed by atoms with E-state index in [1.54, 1.807) is 6.07 Å². The summed E-state index contributed by atoms with van der Waals surface area (Å²) in [7, 11) is 1.35. The van der Waals surface area contributed by atoms with Gasteiger partial charge in [0.1, 0.15) is 0 Å². The molecule has 0 amide bonds. The number of ether oxygens (including phenoxy) is 1. The molecule has 0 aliphatic heterocycles. The predicted molar refractivity (Wildman–Crippen MR) is 61.2 cm³/mol. The lowest BCUT2D eigenvalue weighted by molar-refractivity contribution is -0.139. The van der Waals surface area contributed by atoms with Crippen molar-refractivity contribution in [1.82, 2.24) is 0 Å². The zero-order valence-corrected chi connectivity index (χ0v) is 9.97. The minimum atomic E-state index is -0.301. The summed E-state index contributed by atoms with van der Waals surface area (Å²) in [6.07, 6.45) is 0.201. The lowest BCUT2D eigenvalue weighted by Crippen LogP contribution is -2.06. The fourth-order valence-electron chi connectivity index (χ4n) is 1.55. The molecule has 0 saturated heterocycles. The van der Waals surface area contributed by atoms with Gasteiger partial charge in [0.15, 0.2) is 0 Å². The van der Waals surface area contributed by atoms with Crippen LogP contribution in [0.4, 0.5) is 0 Å². The quantitative estimate of drug-likeness (QED) is 0.599. The molecule has 0 unspecified atom stereocenters. The second kappa shape index (κ2) is 5.53. The topological polar surface area (TPSA) is 50.1 Å². The molecule has 1 rings (SSSR count). The van der Waals surface area contributed by atoms with Crippen LogP contribution < -0.4 is 0 Å². The smallest absolute Gasteiger partial charge is 0.309 e. The van der Waals surface area contributed by atoms with Gasteiger partial charge in [-0.2, -0.15) is 5.26 Å². The van der Waals surface area contributed by atoms with Crippen molar-refractivity contribution in [1.29, 1.82) is 5.26 Å². The number of hydrogen-bond donors (Lipinski definition) is 0. The third kappa shape index (κ3) is 2.74. The first-order valence-corrected chi connectivity index (χ1v) is 5.31. The van der Waals surface area contributed by atoms with E-state index in [0.29, 0.717) is 5.56 Å². The molecule has 1 aromatic carbocycles. The molecule has 0 aliphatic rings. The number of methoxy groups -OCH3 is 1. The molecule has 0 aliphatic carbocycles. The Hall–Kier alpha value is -1.53. The lowest BCUT2D eigenvalue weighted by Gasteiger charge is -2.07. The third-order valence-electron chi connectivity index (χ3n) is 2.31. The van der Waals surface area contributed by atoms with E-state index in [9.17, 15) is 4.79 Å². The zero-order chi connectivity index (χ0) is 12.1. The van der Waals surface area contributed by atoms with Gasteiger partial charge in [0.2, 0.25) is 0 Å². The first-order valence-electron chi connectivity index (χ1n) is 4.77. The highest BCUT2D eigenvalue weighted by molar-refractivity contribution is 6.17. The molecule has 0 spiro atoms. The highest BCUT2D eigenvalue weighted by Gasteiger charge is 2.09. The highest BCUT2D eigenvalue weighted by Crippen LogP contribution is 2.19. The van der Waals surface area contributed by atoms with Crippen molar-refractivity contribution < 1.29 is 9.53 Å². The van der Waals surface area contributed by atoms with E-state index in [0.717, 1.165) is 16.7 Å². The van der Waals surface area contributed by atoms with Crippen LogP contribution in [0.25, 0.3) is 0 Å².